The molecule has 2 aromatic rings. The zero-order chi connectivity index (χ0) is 27.4. The summed E-state index contributed by atoms with van der Waals surface area (Å²) in [6, 6.07) is 8.59. The first-order valence-corrected chi connectivity index (χ1v) is 11.9. The number of hydrogen-bond donors (Lipinski definition) is 5. The molecule has 5 N–H and O–H groups in total. The quantitative estimate of drug-likeness (QED) is 0.178. The maximum atomic E-state index is 12.8. The fourth-order valence-corrected chi connectivity index (χ4v) is 4.33. The zero-order valence-electron chi connectivity index (χ0n) is 20.2. The van der Waals surface area contributed by atoms with Gasteiger partial charge in [0.05, 0.1) is 0 Å². The van der Waals surface area contributed by atoms with E-state index in [0.717, 1.165) is 10.5 Å². The minimum absolute atomic E-state index is 0.0301. The monoisotopic (exact) mass is 522 g/mol. The van der Waals surface area contributed by atoms with Crippen molar-refractivity contribution >= 4 is 35.9 Å². The minimum atomic E-state index is -1.43. The van der Waals surface area contributed by atoms with Crippen molar-refractivity contribution in [1.29, 1.82) is 0 Å². The molecule has 0 radical (unpaired) electrons. The van der Waals surface area contributed by atoms with Crippen LogP contribution in [0.2, 0.25) is 0 Å². The summed E-state index contributed by atoms with van der Waals surface area (Å²) in [7, 11) is 0. The van der Waals surface area contributed by atoms with Gasteiger partial charge in [-0.05, 0) is 60.7 Å². The Morgan fingerprint density at radius 2 is 1.55 bits per heavy atom. The van der Waals surface area contributed by atoms with Crippen LogP contribution in [-0.2, 0) is 20.8 Å². The highest BCUT2D eigenvalue weighted by Crippen LogP contribution is 2.22. The third-order valence-corrected chi connectivity index (χ3v) is 6.30. The van der Waals surface area contributed by atoms with Crippen molar-refractivity contribution in [3.63, 3.8) is 0 Å². The number of urea groups is 2. The number of aromatic hydroxyl groups is 2. The Kier molecular flexibility index (Phi) is 7.61. The lowest BCUT2D eigenvalue weighted by Gasteiger charge is -2.21. The lowest BCUT2D eigenvalue weighted by Crippen LogP contribution is -2.45. The smallest absolute Gasteiger partial charge is 0.329 e. The van der Waals surface area contributed by atoms with Crippen LogP contribution >= 0.6 is 0 Å². The van der Waals surface area contributed by atoms with Crippen LogP contribution in [0, 0.1) is 0 Å². The first kappa shape index (κ1) is 26.2. The normalized spacial score (nSPS) is 19.2. The van der Waals surface area contributed by atoms with Crippen LogP contribution in [0.15, 0.2) is 54.2 Å². The molecule has 2 heterocycles. The van der Waals surface area contributed by atoms with Crippen LogP contribution in [0.4, 0.5) is 9.59 Å². The number of carboxylic acid groups (broad SMARTS) is 1. The van der Waals surface area contributed by atoms with Gasteiger partial charge in [0.2, 0.25) is 0 Å². The van der Waals surface area contributed by atoms with E-state index in [1.165, 1.54) is 42.5 Å². The molecule has 12 nitrogen and oxygen atoms in total. The van der Waals surface area contributed by atoms with Crippen molar-refractivity contribution in [3.05, 3.63) is 65.4 Å². The lowest BCUT2D eigenvalue weighted by atomic mass is 10.1. The van der Waals surface area contributed by atoms with Gasteiger partial charge in [-0.2, -0.15) is 0 Å². The standard InChI is InChI=1S/C26H26N4O8/c31-17-8-4-15(5-9-17)13-19-22(33)29(25(37)27-19)12-2-1-3-21(24(35)36)30-23(34)20(28-26(30)38)14-16-6-10-18(32)11-7-16/h4-11,14,19,21,31-32H,1-3,12-13H2,(H,27,37)(H,28,38)(H,35,36)/b20-14+. The van der Waals surface area contributed by atoms with Gasteiger partial charge in [-0.1, -0.05) is 24.3 Å². The van der Waals surface area contributed by atoms with Gasteiger partial charge in [0, 0.05) is 13.0 Å². The summed E-state index contributed by atoms with van der Waals surface area (Å²) >= 11 is 0. The molecule has 2 atom stereocenters. The van der Waals surface area contributed by atoms with Gasteiger partial charge in [0.25, 0.3) is 11.8 Å². The van der Waals surface area contributed by atoms with Crippen molar-refractivity contribution in [3.8, 4) is 11.5 Å². The highest BCUT2D eigenvalue weighted by Gasteiger charge is 2.42. The van der Waals surface area contributed by atoms with Crippen LogP contribution in [-0.4, -0.2) is 73.6 Å². The van der Waals surface area contributed by atoms with E-state index in [9.17, 15) is 39.3 Å². The van der Waals surface area contributed by atoms with Gasteiger partial charge < -0.3 is 26.0 Å². The third kappa shape index (κ3) is 5.75. The summed E-state index contributed by atoms with van der Waals surface area (Å²) in [6.07, 6.45) is 2.07. The van der Waals surface area contributed by atoms with E-state index in [1.54, 1.807) is 12.1 Å². The molecule has 2 unspecified atom stereocenters. The molecule has 198 valence electrons. The molecule has 2 saturated heterocycles. The number of aliphatic carboxylic acids is 1. The second-order valence-electron chi connectivity index (χ2n) is 8.97. The molecule has 0 aliphatic carbocycles. The van der Waals surface area contributed by atoms with Gasteiger partial charge in [0.1, 0.15) is 29.3 Å². The highest BCUT2D eigenvalue weighted by atomic mass is 16.4. The maximum absolute atomic E-state index is 12.8. The van der Waals surface area contributed by atoms with Crippen LogP contribution in [0.3, 0.4) is 0 Å². The number of nitrogens with zero attached hydrogens (tertiary/aromatic N) is 2. The van der Waals surface area contributed by atoms with Crippen molar-refractivity contribution in [2.45, 2.75) is 37.8 Å². The van der Waals surface area contributed by atoms with Gasteiger partial charge >= 0.3 is 18.0 Å². The Morgan fingerprint density at radius 3 is 2.18 bits per heavy atom. The van der Waals surface area contributed by atoms with Crippen LogP contribution < -0.4 is 10.6 Å². The fourth-order valence-electron chi connectivity index (χ4n) is 4.33. The predicted molar refractivity (Wildman–Crippen MR) is 133 cm³/mol. The number of amides is 6. The second kappa shape index (κ2) is 11.0. The van der Waals surface area contributed by atoms with E-state index in [1.807, 2.05) is 0 Å². The third-order valence-electron chi connectivity index (χ3n) is 6.30. The predicted octanol–water partition coefficient (Wildman–Crippen LogP) is 1.78. The number of nitrogens with one attached hydrogen (secondary N) is 2. The summed E-state index contributed by atoms with van der Waals surface area (Å²) in [5.41, 5.74) is 1.20. The van der Waals surface area contributed by atoms with E-state index in [0.29, 0.717) is 10.5 Å². The number of carboxylic acids is 1. The van der Waals surface area contributed by atoms with Crippen LogP contribution in [0.1, 0.15) is 30.4 Å². The molecule has 4 rings (SSSR count). The van der Waals surface area contributed by atoms with Crippen molar-refractivity contribution in [2.24, 2.45) is 0 Å². The molecule has 0 spiro atoms. The summed E-state index contributed by atoms with van der Waals surface area (Å²) in [4.78, 5) is 63.9. The van der Waals surface area contributed by atoms with Crippen molar-refractivity contribution < 1.29 is 39.3 Å². The number of imide groups is 2. The highest BCUT2D eigenvalue weighted by molar-refractivity contribution is 6.15. The number of unbranched alkanes of at least 4 members (excludes halogenated alkanes) is 1. The Balaban J connectivity index is 1.32. The molecule has 38 heavy (non-hydrogen) atoms. The minimum Gasteiger partial charge on any atom is -0.508 e. The SMILES string of the molecule is O=C(O)C(CCCCN1C(=O)NC(Cc2ccc(O)cc2)C1=O)N1C(=O)N/C(=C/c2ccc(O)cc2)C1=O. The molecular formula is C26H26N4O8. The molecule has 6 amide bonds. The summed E-state index contributed by atoms with van der Waals surface area (Å²) in [6.45, 7) is 0.0508. The fraction of sp³-hybridized carbons (Fsp3) is 0.269. The number of carbonyl (C=O) groups is 5. The van der Waals surface area contributed by atoms with Gasteiger partial charge in [-0.3, -0.25) is 14.5 Å². The zero-order valence-corrected chi connectivity index (χ0v) is 20.2. The average molecular weight is 523 g/mol. The van der Waals surface area contributed by atoms with Crippen molar-refractivity contribution in [1.82, 2.24) is 20.4 Å². The lowest BCUT2D eigenvalue weighted by molar-refractivity contribution is -0.146. The number of phenolic OH excluding ortho intramolecular Hbond substituents is 2. The Bertz CT molecular complexity index is 1290. The van der Waals surface area contributed by atoms with Gasteiger partial charge in [-0.25, -0.2) is 19.3 Å². The van der Waals surface area contributed by atoms with Crippen molar-refractivity contribution in [2.75, 3.05) is 6.54 Å². The first-order valence-electron chi connectivity index (χ1n) is 11.9. The summed E-state index contributed by atoms with van der Waals surface area (Å²) in [5.74, 6) is -2.43. The Labute approximate surface area is 217 Å². The largest absolute Gasteiger partial charge is 0.508 e. The molecule has 0 saturated carbocycles. The van der Waals surface area contributed by atoms with E-state index in [2.05, 4.69) is 10.6 Å². The molecular weight excluding hydrogens is 496 g/mol. The second-order valence-corrected chi connectivity index (χ2v) is 8.97. The van der Waals surface area contributed by atoms with Gasteiger partial charge in [0.15, 0.2) is 0 Å². The number of hydrogen-bond acceptors (Lipinski definition) is 7. The first-order chi connectivity index (χ1) is 18.1. The average Bonchev–Trinajstić information content (AvgIpc) is 3.30. The van der Waals surface area contributed by atoms with E-state index < -0.39 is 41.9 Å². The molecule has 2 aliphatic heterocycles. The Hall–Kier alpha value is -4.87. The number of phenols is 2. The topological polar surface area (TPSA) is 177 Å². The van der Waals surface area contributed by atoms with Crippen LogP contribution in [0.25, 0.3) is 6.08 Å². The van der Waals surface area contributed by atoms with E-state index in [4.69, 9.17) is 0 Å². The number of benzene rings is 2. The van der Waals surface area contributed by atoms with Crippen LogP contribution in [0.5, 0.6) is 11.5 Å². The molecule has 0 bridgehead atoms. The van der Waals surface area contributed by atoms with E-state index >= 15 is 0 Å². The Morgan fingerprint density at radius 1 is 0.921 bits per heavy atom. The molecule has 2 aliphatic rings. The van der Waals surface area contributed by atoms with Gasteiger partial charge in [-0.15, -0.1) is 0 Å². The number of carbonyl (C=O) groups excluding carboxylic acids is 4. The molecule has 2 aromatic carbocycles. The molecule has 0 aromatic heterocycles. The molecule has 12 heteroatoms. The number of rotatable bonds is 10. The summed E-state index contributed by atoms with van der Waals surface area (Å²) in [5, 5.41) is 33.5. The maximum Gasteiger partial charge on any atom is 0.329 e. The van der Waals surface area contributed by atoms with E-state index in [-0.39, 0.29) is 49.4 Å². The summed E-state index contributed by atoms with van der Waals surface area (Å²) < 4.78 is 0. The molecule has 2 fully saturated rings.